The topological polar surface area (TPSA) is 127 Å². The van der Waals surface area contributed by atoms with E-state index in [9.17, 15) is 31.9 Å². The second-order valence-electron chi connectivity index (χ2n) is 9.89. The van der Waals surface area contributed by atoms with Crippen LogP contribution in [0.1, 0.15) is 38.5 Å². The van der Waals surface area contributed by atoms with Crippen LogP contribution in [0.15, 0.2) is 36.4 Å². The fourth-order valence-corrected chi connectivity index (χ4v) is 6.64. The van der Waals surface area contributed by atoms with Gasteiger partial charge in [0.25, 0.3) is 0 Å². The lowest BCUT2D eigenvalue weighted by Crippen LogP contribution is -2.61. The molecule has 34 heavy (non-hydrogen) atoms. The normalized spacial score (nSPS) is 30.3. The molecule has 4 fully saturated rings. The summed E-state index contributed by atoms with van der Waals surface area (Å²) in [6, 6.07) is 9.68. The number of hydrogen-bond acceptors (Lipinski definition) is 7. The van der Waals surface area contributed by atoms with Gasteiger partial charge in [-0.05, 0) is 79.0 Å². The number of hydrogen-bond donors (Lipinski definition) is 2. The van der Waals surface area contributed by atoms with Crippen LogP contribution in [0.2, 0.25) is 0 Å². The molecule has 4 aliphatic rings. The van der Waals surface area contributed by atoms with Crippen LogP contribution >= 0.6 is 0 Å². The van der Waals surface area contributed by atoms with Crippen molar-refractivity contribution in [2.75, 3.05) is 0 Å². The molecule has 4 aliphatic carbocycles. The molecular formula is C23H22F2O8S. The van der Waals surface area contributed by atoms with Gasteiger partial charge >= 0.3 is 27.3 Å². The highest BCUT2D eigenvalue weighted by Gasteiger charge is 2.65. The van der Waals surface area contributed by atoms with E-state index in [4.69, 9.17) is 14.0 Å². The lowest BCUT2D eigenvalue weighted by Gasteiger charge is -2.59. The second-order valence-corrected chi connectivity index (χ2v) is 11.4. The summed E-state index contributed by atoms with van der Waals surface area (Å²) in [7, 11) is -5.99. The van der Waals surface area contributed by atoms with Crippen LogP contribution in [0.4, 0.5) is 8.78 Å². The molecule has 0 aromatic heterocycles. The number of carbonyl (C=O) groups is 2. The maximum Gasteiger partial charge on any atom is 0.465 e. The first-order valence-corrected chi connectivity index (χ1v) is 12.3. The molecule has 182 valence electrons. The first-order chi connectivity index (χ1) is 15.8. The highest BCUT2D eigenvalue weighted by molar-refractivity contribution is 7.87. The molecule has 4 saturated carbocycles. The standard InChI is InChI=1S/C23H22F2O8S/c24-23(25,34(29,30)31)20(28)33-22-10-13-5-14(11-22)9-21(8-13,12-22)19(27)32-18-4-2-15-6-17(26)3-1-16(15)7-18/h1-4,6-7,13-14,26H,5,8-12H2,(H,29,30,31). The monoisotopic (exact) mass is 496 g/mol. The second kappa shape index (κ2) is 7.35. The van der Waals surface area contributed by atoms with E-state index in [1.807, 2.05) is 0 Å². The molecule has 0 spiro atoms. The Morgan fingerprint density at radius 1 is 1.00 bits per heavy atom. The lowest BCUT2D eigenvalue weighted by molar-refractivity contribution is -0.218. The van der Waals surface area contributed by atoms with E-state index in [0.717, 1.165) is 17.2 Å². The molecule has 11 heteroatoms. The van der Waals surface area contributed by atoms with Gasteiger partial charge in [-0.15, -0.1) is 0 Å². The van der Waals surface area contributed by atoms with Gasteiger partial charge in [0, 0.05) is 6.42 Å². The van der Waals surface area contributed by atoms with Crippen LogP contribution in [-0.4, -0.2) is 40.9 Å². The number of esters is 2. The van der Waals surface area contributed by atoms with Gasteiger partial charge in [0.2, 0.25) is 0 Å². The van der Waals surface area contributed by atoms with Crippen molar-refractivity contribution in [2.45, 2.75) is 49.4 Å². The van der Waals surface area contributed by atoms with Gasteiger partial charge in [0.05, 0.1) is 5.41 Å². The Labute approximate surface area is 193 Å². The molecule has 0 amide bonds. The first kappa shape index (κ1) is 23.0. The summed E-state index contributed by atoms with van der Waals surface area (Å²) in [5, 5.41) is 6.01. The van der Waals surface area contributed by atoms with Crippen molar-refractivity contribution in [2.24, 2.45) is 17.3 Å². The predicted molar refractivity (Wildman–Crippen MR) is 114 cm³/mol. The Balaban J connectivity index is 1.40. The number of alkyl halides is 2. The maximum absolute atomic E-state index is 13.9. The average Bonchev–Trinajstić information content (AvgIpc) is 2.71. The Hall–Kier alpha value is -2.79. The molecule has 0 heterocycles. The van der Waals surface area contributed by atoms with E-state index in [0.29, 0.717) is 12.8 Å². The fraction of sp³-hybridized carbons (Fsp3) is 0.478. The summed E-state index contributed by atoms with van der Waals surface area (Å²) in [4.78, 5) is 25.4. The quantitative estimate of drug-likeness (QED) is 0.363. The van der Waals surface area contributed by atoms with Crippen LogP contribution in [-0.2, 0) is 24.4 Å². The summed E-state index contributed by atoms with van der Waals surface area (Å²) >= 11 is 0. The molecule has 2 N–H and O–H groups in total. The SMILES string of the molecule is O=C(Oc1ccc2cc(O)ccc2c1)C12CC3CC(CC(OC(=O)C(F)(F)S(=O)(=O)O)(C3)C1)C2. The van der Waals surface area contributed by atoms with Crippen LogP contribution in [0, 0.1) is 17.3 Å². The molecule has 0 aliphatic heterocycles. The Morgan fingerprint density at radius 3 is 2.26 bits per heavy atom. The molecular weight excluding hydrogens is 474 g/mol. The van der Waals surface area contributed by atoms with E-state index in [1.165, 1.54) is 6.07 Å². The number of carbonyl (C=O) groups excluding carboxylic acids is 2. The number of fused-ring (bicyclic) bond motifs is 1. The number of benzene rings is 2. The van der Waals surface area contributed by atoms with Crippen molar-refractivity contribution < 1.29 is 45.9 Å². The van der Waals surface area contributed by atoms with Gasteiger partial charge in [-0.3, -0.25) is 9.35 Å². The third-order valence-electron chi connectivity index (χ3n) is 7.32. The molecule has 2 unspecified atom stereocenters. The van der Waals surface area contributed by atoms with E-state index in [-0.39, 0.29) is 42.6 Å². The Bertz CT molecular complexity index is 1290. The molecule has 6 rings (SSSR count). The minimum atomic E-state index is -5.99. The summed E-state index contributed by atoms with van der Waals surface area (Å²) in [6.45, 7) is 0. The van der Waals surface area contributed by atoms with Gasteiger partial charge in [-0.2, -0.15) is 17.2 Å². The lowest BCUT2D eigenvalue weighted by atomic mass is 9.48. The van der Waals surface area contributed by atoms with Crippen LogP contribution in [0.25, 0.3) is 10.8 Å². The Morgan fingerprint density at radius 2 is 1.62 bits per heavy atom. The van der Waals surface area contributed by atoms with E-state index in [1.54, 1.807) is 30.3 Å². The molecule has 0 saturated heterocycles. The number of ether oxygens (including phenoxy) is 2. The third kappa shape index (κ3) is 3.70. The van der Waals surface area contributed by atoms with E-state index >= 15 is 0 Å². The van der Waals surface area contributed by atoms with Gasteiger partial charge < -0.3 is 14.6 Å². The number of phenolic OH excluding ortho intramolecular Hbond substituents is 1. The third-order valence-corrected chi connectivity index (χ3v) is 8.13. The van der Waals surface area contributed by atoms with Crippen LogP contribution in [0.5, 0.6) is 11.5 Å². The molecule has 0 radical (unpaired) electrons. The molecule has 4 bridgehead atoms. The van der Waals surface area contributed by atoms with Crippen molar-refractivity contribution in [1.29, 1.82) is 0 Å². The zero-order valence-electron chi connectivity index (χ0n) is 17.9. The summed E-state index contributed by atoms with van der Waals surface area (Å²) in [5.74, 6) is -2.64. The first-order valence-electron chi connectivity index (χ1n) is 10.8. The Kier molecular flexibility index (Phi) is 4.97. The van der Waals surface area contributed by atoms with Gasteiger partial charge in [0.15, 0.2) is 0 Å². The smallest absolute Gasteiger partial charge is 0.465 e. The van der Waals surface area contributed by atoms with Gasteiger partial charge in [-0.1, -0.05) is 12.1 Å². The number of phenols is 1. The van der Waals surface area contributed by atoms with E-state index in [2.05, 4.69) is 0 Å². The van der Waals surface area contributed by atoms with Crippen LogP contribution in [0.3, 0.4) is 0 Å². The fourth-order valence-electron chi connectivity index (χ4n) is 6.39. The van der Waals surface area contributed by atoms with Gasteiger partial charge in [0.1, 0.15) is 17.1 Å². The van der Waals surface area contributed by atoms with Crippen molar-refractivity contribution in [3.63, 3.8) is 0 Å². The number of aromatic hydroxyl groups is 1. The number of rotatable bonds is 5. The highest BCUT2D eigenvalue weighted by atomic mass is 32.2. The number of halogens is 2. The largest absolute Gasteiger partial charge is 0.508 e. The molecule has 2 atom stereocenters. The molecule has 8 nitrogen and oxygen atoms in total. The van der Waals surface area contributed by atoms with Crippen LogP contribution < -0.4 is 4.74 Å². The van der Waals surface area contributed by atoms with Crippen molar-refractivity contribution in [3.8, 4) is 11.5 Å². The zero-order chi connectivity index (χ0) is 24.5. The minimum absolute atomic E-state index is 0.0550. The molecule has 2 aromatic carbocycles. The minimum Gasteiger partial charge on any atom is -0.508 e. The predicted octanol–water partition coefficient (Wildman–Crippen LogP) is 3.81. The zero-order valence-corrected chi connectivity index (χ0v) is 18.7. The highest BCUT2D eigenvalue weighted by Crippen LogP contribution is 2.63. The maximum atomic E-state index is 13.9. The average molecular weight is 496 g/mol. The summed E-state index contributed by atoms with van der Waals surface area (Å²) in [5.41, 5.74) is -2.48. The van der Waals surface area contributed by atoms with E-state index < -0.39 is 38.3 Å². The van der Waals surface area contributed by atoms with Crippen molar-refractivity contribution in [1.82, 2.24) is 0 Å². The van der Waals surface area contributed by atoms with Crippen molar-refractivity contribution in [3.05, 3.63) is 36.4 Å². The van der Waals surface area contributed by atoms with Gasteiger partial charge in [-0.25, -0.2) is 4.79 Å². The molecule has 2 aromatic rings. The summed E-state index contributed by atoms with van der Waals surface area (Å²) in [6.07, 6.45) is 2.09. The summed E-state index contributed by atoms with van der Waals surface area (Å²) < 4.78 is 69.2. The van der Waals surface area contributed by atoms with Crippen molar-refractivity contribution >= 4 is 32.8 Å².